The summed E-state index contributed by atoms with van der Waals surface area (Å²) in [6.07, 6.45) is 3.35. The van der Waals surface area contributed by atoms with Gasteiger partial charge in [-0.25, -0.2) is 0 Å². The van der Waals surface area contributed by atoms with Crippen molar-refractivity contribution in [3.63, 3.8) is 0 Å². The van der Waals surface area contributed by atoms with E-state index >= 15 is 0 Å². The van der Waals surface area contributed by atoms with Crippen molar-refractivity contribution in [3.05, 3.63) is 70.4 Å². The van der Waals surface area contributed by atoms with Crippen LogP contribution >= 0.6 is 11.6 Å². The highest BCUT2D eigenvalue weighted by atomic mass is 35.5. The molecular formula is C25H23ClN4O3. The highest BCUT2D eigenvalue weighted by molar-refractivity contribution is 6.31. The monoisotopic (exact) mass is 462 g/mol. The Morgan fingerprint density at radius 1 is 1.18 bits per heavy atom. The SMILES string of the molecule is Cc1c(Cl)cccc1NC(=O)C(C#N)=Cc1cn(CC(=O)N2CCOCC2)c2ccccc12. The normalized spacial score (nSPS) is 14.2. The van der Waals surface area contributed by atoms with Crippen LogP contribution in [-0.4, -0.2) is 47.6 Å². The van der Waals surface area contributed by atoms with E-state index < -0.39 is 5.91 Å². The second-order valence-electron chi connectivity index (χ2n) is 7.76. The van der Waals surface area contributed by atoms with Gasteiger partial charge in [-0.2, -0.15) is 5.26 Å². The zero-order chi connectivity index (χ0) is 23.4. The van der Waals surface area contributed by atoms with E-state index in [1.165, 1.54) is 0 Å². The van der Waals surface area contributed by atoms with Crippen LogP contribution in [0.15, 0.2) is 54.2 Å². The van der Waals surface area contributed by atoms with E-state index in [1.807, 2.05) is 34.9 Å². The summed E-state index contributed by atoms with van der Waals surface area (Å²) in [6.45, 7) is 4.20. The van der Waals surface area contributed by atoms with Crippen LogP contribution in [0.1, 0.15) is 11.1 Å². The number of hydrogen-bond donors (Lipinski definition) is 1. The number of fused-ring (bicyclic) bond motifs is 1. The van der Waals surface area contributed by atoms with Crippen LogP contribution in [0.5, 0.6) is 0 Å². The number of anilines is 1. The first-order chi connectivity index (χ1) is 16.0. The van der Waals surface area contributed by atoms with E-state index in [2.05, 4.69) is 5.32 Å². The van der Waals surface area contributed by atoms with E-state index in [9.17, 15) is 14.9 Å². The van der Waals surface area contributed by atoms with Crippen LogP contribution in [0, 0.1) is 18.3 Å². The quantitative estimate of drug-likeness (QED) is 0.458. The third-order valence-electron chi connectivity index (χ3n) is 5.67. The number of carbonyl (C=O) groups excluding carboxylic acids is 2. The molecule has 0 aliphatic carbocycles. The minimum absolute atomic E-state index is 0.00395. The molecule has 7 nitrogen and oxygen atoms in total. The topological polar surface area (TPSA) is 87.4 Å². The first kappa shape index (κ1) is 22.6. The number of nitrogens with zero attached hydrogens (tertiary/aromatic N) is 3. The van der Waals surface area contributed by atoms with Gasteiger partial charge in [-0.1, -0.05) is 35.9 Å². The van der Waals surface area contributed by atoms with Crippen molar-refractivity contribution in [1.82, 2.24) is 9.47 Å². The van der Waals surface area contributed by atoms with E-state index in [4.69, 9.17) is 16.3 Å². The summed E-state index contributed by atoms with van der Waals surface area (Å²) in [7, 11) is 0. The summed E-state index contributed by atoms with van der Waals surface area (Å²) < 4.78 is 7.18. The number of nitriles is 1. The minimum atomic E-state index is -0.524. The fourth-order valence-electron chi connectivity index (χ4n) is 3.82. The molecule has 0 spiro atoms. The van der Waals surface area contributed by atoms with E-state index in [0.29, 0.717) is 42.6 Å². The lowest BCUT2D eigenvalue weighted by Crippen LogP contribution is -2.42. The molecule has 2 amide bonds. The molecule has 0 saturated carbocycles. The van der Waals surface area contributed by atoms with Gasteiger partial charge in [0.1, 0.15) is 18.2 Å². The highest BCUT2D eigenvalue weighted by Gasteiger charge is 2.19. The fourth-order valence-corrected chi connectivity index (χ4v) is 3.99. The largest absolute Gasteiger partial charge is 0.378 e. The van der Waals surface area contributed by atoms with Crippen molar-refractivity contribution >= 4 is 46.1 Å². The number of para-hydroxylation sites is 1. The Hall–Kier alpha value is -3.60. The first-order valence-corrected chi connectivity index (χ1v) is 11.0. The summed E-state index contributed by atoms with van der Waals surface area (Å²) in [5, 5.41) is 13.8. The third kappa shape index (κ3) is 4.92. The maximum atomic E-state index is 12.8. The zero-order valence-electron chi connectivity index (χ0n) is 18.2. The molecule has 1 aliphatic rings. The number of benzene rings is 2. The Labute approximate surface area is 196 Å². The molecule has 0 bridgehead atoms. The molecule has 33 heavy (non-hydrogen) atoms. The van der Waals surface area contributed by atoms with Crippen molar-refractivity contribution in [2.75, 3.05) is 31.6 Å². The van der Waals surface area contributed by atoms with Crippen LogP contribution in [-0.2, 0) is 20.9 Å². The van der Waals surface area contributed by atoms with Crippen molar-refractivity contribution in [2.45, 2.75) is 13.5 Å². The Kier molecular flexibility index (Phi) is 6.78. The molecule has 4 rings (SSSR count). The van der Waals surface area contributed by atoms with Crippen molar-refractivity contribution in [3.8, 4) is 6.07 Å². The molecule has 1 fully saturated rings. The van der Waals surface area contributed by atoms with Crippen molar-refractivity contribution in [1.29, 1.82) is 5.26 Å². The number of aromatic nitrogens is 1. The number of hydrogen-bond acceptors (Lipinski definition) is 4. The van der Waals surface area contributed by atoms with Gasteiger partial charge in [0.25, 0.3) is 5.91 Å². The predicted octanol–water partition coefficient (Wildman–Crippen LogP) is 4.01. The molecule has 0 unspecified atom stereocenters. The molecule has 1 aliphatic heterocycles. The van der Waals surface area contributed by atoms with Gasteiger partial charge in [0.2, 0.25) is 5.91 Å². The van der Waals surface area contributed by atoms with Gasteiger partial charge >= 0.3 is 0 Å². The molecule has 1 saturated heterocycles. The van der Waals surface area contributed by atoms with Crippen molar-refractivity contribution < 1.29 is 14.3 Å². The number of amides is 2. The predicted molar refractivity (Wildman–Crippen MR) is 128 cm³/mol. The molecule has 3 aromatic rings. The molecular weight excluding hydrogens is 440 g/mol. The maximum absolute atomic E-state index is 12.8. The molecule has 0 radical (unpaired) electrons. The smallest absolute Gasteiger partial charge is 0.266 e. The van der Waals surface area contributed by atoms with Gasteiger partial charge in [0.15, 0.2) is 0 Å². The summed E-state index contributed by atoms with van der Waals surface area (Å²) in [6, 6.07) is 14.8. The average molecular weight is 463 g/mol. The second kappa shape index (κ2) is 9.90. The van der Waals surface area contributed by atoms with Crippen LogP contribution in [0.25, 0.3) is 17.0 Å². The van der Waals surface area contributed by atoms with Crippen LogP contribution in [0.3, 0.4) is 0 Å². The summed E-state index contributed by atoms with van der Waals surface area (Å²) >= 11 is 6.13. The summed E-state index contributed by atoms with van der Waals surface area (Å²) in [4.78, 5) is 27.4. The maximum Gasteiger partial charge on any atom is 0.266 e. The molecule has 2 heterocycles. The first-order valence-electron chi connectivity index (χ1n) is 10.6. The standard InChI is InChI=1S/C25H23ClN4O3/c1-17-21(26)6-4-7-22(17)28-25(32)18(14-27)13-19-15-30(23-8-3-2-5-20(19)23)16-24(31)29-9-11-33-12-10-29/h2-8,13,15H,9-12,16H2,1H3,(H,28,32). The Morgan fingerprint density at radius 2 is 1.94 bits per heavy atom. The van der Waals surface area contributed by atoms with Crippen LogP contribution in [0.4, 0.5) is 5.69 Å². The van der Waals surface area contributed by atoms with Gasteiger partial charge < -0.3 is 19.5 Å². The number of rotatable bonds is 5. The second-order valence-corrected chi connectivity index (χ2v) is 8.17. The third-order valence-corrected chi connectivity index (χ3v) is 6.08. The van der Waals surface area contributed by atoms with Gasteiger partial charge in [-0.05, 0) is 36.8 Å². The Morgan fingerprint density at radius 3 is 2.70 bits per heavy atom. The van der Waals surface area contributed by atoms with Gasteiger partial charge in [-0.15, -0.1) is 0 Å². The number of carbonyl (C=O) groups is 2. The molecule has 1 N–H and O–H groups in total. The number of ether oxygens (including phenoxy) is 1. The molecule has 8 heteroatoms. The summed E-state index contributed by atoms with van der Waals surface area (Å²) in [5.74, 6) is -0.520. The Balaban J connectivity index is 1.62. The average Bonchev–Trinajstić information content (AvgIpc) is 3.18. The van der Waals surface area contributed by atoms with E-state index in [-0.39, 0.29) is 18.0 Å². The fraction of sp³-hybridized carbons (Fsp3) is 0.240. The molecule has 2 aromatic carbocycles. The van der Waals surface area contributed by atoms with Crippen molar-refractivity contribution in [2.24, 2.45) is 0 Å². The van der Waals surface area contributed by atoms with Gasteiger partial charge in [0.05, 0.1) is 13.2 Å². The zero-order valence-corrected chi connectivity index (χ0v) is 18.9. The number of halogens is 1. The minimum Gasteiger partial charge on any atom is -0.378 e. The lowest BCUT2D eigenvalue weighted by atomic mass is 10.1. The number of nitrogens with one attached hydrogen (secondary N) is 1. The summed E-state index contributed by atoms with van der Waals surface area (Å²) in [5.41, 5.74) is 2.77. The lowest BCUT2D eigenvalue weighted by Gasteiger charge is -2.27. The molecule has 168 valence electrons. The Bertz CT molecular complexity index is 1280. The van der Waals surface area contributed by atoms with E-state index in [0.717, 1.165) is 16.5 Å². The molecule has 0 atom stereocenters. The lowest BCUT2D eigenvalue weighted by molar-refractivity contribution is -0.135. The van der Waals surface area contributed by atoms with E-state index in [1.54, 1.807) is 42.3 Å². The van der Waals surface area contributed by atoms with Crippen LogP contribution in [0.2, 0.25) is 5.02 Å². The van der Waals surface area contributed by atoms with Crippen LogP contribution < -0.4 is 5.32 Å². The highest BCUT2D eigenvalue weighted by Crippen LogP contribution is 2.26. The number of morpholine rings is 1. The molecule has 1 aromatic heterocycles. The van der Waals surface area contributed by atoms with Gasteiger partial charge in [0, 0.05) is 46.5 Å². The van der Waals surface area contributed by atoms with Gasteiger partial charge in [-0.3, -0.25) is 9.59 Å².